The molecule has 1 fully saturated rings. The highest BCUT2D eigenvalue weighted by molar-refractivity contribution is 6.32. The molecule has 0 spiro atoms. The third kappa shape index (κ3) is 2.66. The summed E-state index contributed by atoms with van der Waals surface area (Å²) >= 11 is 6.14. The lowest BCUT2D eigenvalue weighted by molar-refractivity contribution is 0.392. The van der Waals surface area contributed by atoms with Crippen LogP contribution in [0, 0.1) is 5.92 Å². The van der Waals surface area contributed by atoms with E-state index in [1.165, 1.54) is 12.8 Å². The molecule has 1 aliphatic rings. The van der Waals surface area contributed by atoms with Crippen molar-refractivity contribution in [3.05, 3.63) is 23.4 Å². The van der Waals surface area contributed by atoms with Gasteiger partial charge < -0.3 is 10.2 Å². The van der Waals surface area contributed by atoms with Crippen LogP contribution >= 0.6 is 11.6 Å². The minimum Gasteiger partial charge on any atom is -0.355 e. The average molecular weight is 240 g/mol. The van der Waals surface area contributed by atoms with Gasteiger partial charge in [-0.15, -0.1) is 0 Å². The van der Waals surface area contributed by atoms with Gasteiger partial charge in [0, 0.05) is 19.3 Å². The van der Waals surface area contributed by atoms with Crippen molar-refractivity contribution in [2.75, 3.05) is 31.6 Å². The molecular formula is C12H18ClN3. The molecule has 0 bridgehead atoms. The number of nitrogens with zero attached hydrogens (tertiary/aromatic N) is 2. The lowest BCUT2D eigenvalue weighted by atomic mass is 9.97. The Morgan fingerprint density at radius 1 is 1.50 bits per heavy atom. The Morgan fingerprint density at radius 3 is 2.88 bits per heavy atom. The van der Waals surface area contributed by atoms with E-state index in [4.69, 9.17) is 11.6 Å². The molecule has 4 heteroatoms. The van der Waals surface area contributed by atoms with Gasteiger partial charge in [-0.25, -0.2) is 4.98 Å². The fraction of sp³-hybridized carbons (Fsp3) is 0.583. The Hall–Kier alpha value is -0.800. The quantitative estimate of drug-likeness (QED) is 0.877. The molecule has 2 heterocycles. The highest BCUT2D eigenvalue weighted by Gasteiger charge is 2.20. The van der Waals surface area contributed by atoms with Crippen LogP contribution in [-0.4, -0.2) is 31.7 Å². The zero-order chi connectivity index (χ0) is 11.4. The van der Waals surface area contributed by atoms with Crippen LogP contribution in [0.25, 0.3) is 0 Å². The summed E-state index contributed by atoms with van der Waals surface area (Å²) in [4.78, 5) is 6.64. The first-order chi connectivity index (χ1) is 7.81. The molecule has 0 aliphatic carbocycles. The highest BCUT2D eigenvalue weighted by Crippen LogP contribution is 2.26. The summed E-state index contributed by atoms with van der Waals surface area (Å²) in [5.74, 6) is 1.73. The van der Waals surface area contributed by atoms with Crippen LogP contribution in [-0.2, 0) is 0 Å². The summed E-state index contributed by atoms with van der Waals surface area (Å²) in [7, 11) is 2.02. The summed E-state index contributed by atoms with van der Waals surface area (Å²) in [5.41, 5.74) is 0. The lowest BCUT2D eigenvalue weighted by Crippen LogP contribution is -2.37. The van der Waals surface area contributed by atoms with Crippen molar-refractivity contribution in [2.45, 2.75) is 12.8 Å². The van der Waals surface area contributed by atoms with Crippen LogP contribution < -0.4 is 10.2 Å². The number of hydrogen-bond acceptors (Lipinski definition) is 3. The monoisotopic (exact) mass is 239 g/mol. The molecule has 0 unspecified atom stereocenters. The molecule has 0 saturated carbocycles. The third-order valence-electron chi connectivity index (χ3n) is 3.15. The summed E-state index contributed by atoms with van der Waals surface area (Å²) in [6, 6.07) is 3.78. The highest BCUT2D eigenvalue weighted by atomic mass is 35.5. The number of piperidine rings is 1. The summed E-state index contributed by atoms with van der Waals surface area (Å²) in [6.07, 6.45) is 4.24. The van der Waals surface area contributed by atoms with Crippen molar-refractivity contribution < 1.29 is 0 Å². The average Bonchev–Trinajstić information content (AvgIpc) is 2.31. The molecule has 0 radical (unpaired) electrons. The van der Waals surface area contributed by atoms with Crippen molar-refractivity contribution in [2.24, 2.45) is 5.92 Å². The van der Waals surface area contributed by atoms with E-state index in [-0.39, 0.29) is 0 Å². The Morgan fingerprint density at radius 2 is 2.25 bits per heavy atom. The van der Waals surface area contributed by atoms with Gasteiger partial charge in [0.25, 0.3) is 0 Å². The maximum absolute atomic E-state index is 6.14. The van der Waals surface area contributed by atoms with E-state index in [9.17, 15) is 0 Å². The van der Waals surface area contributed by atoms with Gasteiger partial charge in [0.15, 0.2) is 0 Å². The number of pyridine rings is 1. The van der Waals surface area contributed by atoms with Crippen molar-refractivity contribution in [3.63, 3.8) is 0 Å². The van der Waals surface area contributed by atoms with Gasteiger partial charge in [-0.3, -0.25) is 0 Å². The first kappa shape index (κ1) is 11.7. The predicted molar refractivity (Wildman–Crippen MR) is 68.1 cm³/mol. The van der Waals surface area contributed by atoms with Gasteiger partial charge in [0.2, 0.25) is 0 Å². The molecule has 16 heavy (non-hydrogen) atoms. The number of hydrogen-bond donors (Lipinski definition) is 1. The van der Waals surface area contributed by atoms with Gasteiger partial charge in [-0.2, -0.15) is 0 Å². The van der Waals surface area contributed by atoms with Gasteiger partial charge in [0.1, 0.15) is 5.82 Å². The molecular weight excluding hydrogens is 222 g/mol. The van der Waals surface area contributed by atoms with E-state index >= 15 is 0 Å². The van der Waals surface area contributed by atoms with Gasteiger partial charge in [-0.05, 0) is 44.5 Å². The van der Waals surface area contributed by atoms with Crippen molar-refractivity contribution in [1.82, 2.24) is 10.3 Å². The molecule has 1 aromatic rings. The van der Waals surface area contributed by atoms with Crippen molar-refractivity contribution in [1.29, 1.82) is 0 Å². The Kier molecular flexibility index (Phi) is 4.02. The van der Waals surface area contributed by atoms with Crippen molar-refractivity contribution in [3.8, 4) is 0 Å². The lowest BCUT2D eigenvalue weighted by Gasteiger charge is -2.33. The van der Waals surface area contributed by atoms with E-state index < -0.39 is 0 Å². The van der Waals surface area contributed by atoms with E-state index in [0.29, 0.717) is 0 Å². The minimum atomic E-state index is 0.759. The fourth-order valence-electron chi connectivity index (χ4n) is 2.25. The zero-order valence-corrected chi connectivity index (χ0v) is 10.4. The maximum atomic E-state index is 6.14. The molecule has 0 atom stereocenters. The maximum Gasteiger partial charge on any atom is 0.147 e. The molecule has 3 nitrogen and oxygen atoms in total. The molecule has 1 N–H and O–H groups in total. The second-order valence-electron chi connectivity index (χ2n) is 4.30. The van der Waals surface area contributed by atoms with Crippen LogP contribution in [0.4, 0.5) is 5.82 Å². The molecule has 1 aromatic heterocycles. The minimum absolute atomic E-state index is 0.759. The molecule has 0 aromatic carbocycles. The smallest absolute Gasteiger partial charge is 0.147 e. The Bertz CT molecular complexity index is 335. The number of anilines is 1. The first-order valence-corrected chi connectivity index (χ1v) is 6.19. The van der Waals surface area contributed by atoms with Gasteiger partial charge in [0.05, 0.1) is 5.02 Å². The number of nitrogens with one attached hydrogen (secondary N) is 1. The summed E-state index contributed by atoms with van der Waals surface area (Å²) in [5, 5.41) is 4.00. The zero-order valence-electron chi connectivity index (χ0n) is 9.62. The topological polar surface area (TPSA) is 28.2 Å². The summed E-state index contributed by atoms with van der Waals surface area (Å²) in [6.45, 7) is 3.23. The van der Waals surface area contributed by atoms with Crippen molar-refractivity contribution >= 4 is 17.4 Å². The molecule has 2 rings (SSSR count). The van der Waals surface area contributed by atoms with E-state index in [1.807, 2.05) is 19.2 Å². The van der Waals surface area contributed by atoms with Crippen LogP contribution in [0.5, 0.6) is 0 Å². The number of halogens is 1. The molecule has 1 saturated heterocycles. The second-order valence-corrected chi connectivity index (χ2v) is 4.70. The second kappa shape index (κ2) is 5.51. The summed E-state index contributed by atoms with van der Waals surface area (Å²) < 4.78 is 0. The Balaban J connectivity index is 1.96. The standard InChI is InChI=1S/C12H18ClN3/c1-14-9-10-4-7-16(8-5-10)12-11(13)3-2-6-15-12/h2-3,6,10,14H,4-5,7-9H2,1H3. The third-order valence-corrected chi connectivity index (χ3v) is 3.44. The van der Waals surface area contributed by atoms with Crippen LogP contribution in [0.1, 0.15) is 12.8 Å². The van der Waals surface area contributed by atoms with Gasteiger partial charge in [-0.1, -0.05) is 11.6 Å². The van der Waals surface area contributed by atoms with E-state index in [2.05, 4.69) is 15.2 Å². The van der Waals surface area contributed by atoms with E-state index in [1.54, 1.807) is 6.20 Å². The van der Waals surface area contributed by atoms with E-state index in [0.717, 1.165) is 36.4 Å². The largest absolute Gasteiger partial charge is 0.355 e. The molecule has 88 valence electrons. The molecule has 0 amide bonds. The fourth-order valence-corrected chi connectivity index (χ4v) is 2.49. The number of rotatable bonds is 3. The van der Waals surface area contributed by atoms with Crippen LogP contribution in [0.2, 0.25) is 5.02 Å². The van der Waals surface area contributed by atoms with Gasteiger partial charge >= 0.3 is 0 Å². The predicted octanol–water partition coefficient (Wildman–Crippen LogP) is 2.17. The number of aromatic nitrogens is 1. The molecule has 1 aliphatic heterocycles. The Labute approximate surface area is 102 Å². The normalized spacial score (nSPS) is 17.8. The van der Waals surface area contributed by atoms with Crippen LogP contribution in [0.15, 0.2) is 18.3 Å². The first-order valence-electron chi connectivity index (χ1n) is 5.81. The SMILES string of the molecule is CNCC1CCN(c2ncccc2Cl)CC1. The van der Waals surface area contributed by atoms with Crippen LogP contribution in [0.3, 0.4) is 0 Å².